The molecule has 1 aliphatic rings. The van der Waals surface area contributed by atoms with E-state index in [4.69, 9.17) is 4.74 Å². The first kappa shape index (κ1) is 23.3. The van der Waals surface area contributed by atoms with Crippen LogP contribution in [0.25, 0.3) is 0 Å². The van der Waals surface area contributed by atoms with Gasteiger partial charge < -0.3 is 14.7 Å². The van der Waals surface area contributed by atoms with Gasteiger partial charge in [-0.15, -0.1) is 0 Å². The maximum absolute atomic E-state index is 11.4. The van der Waals surface area contributed by atoms with Crippen molar-refractivity contribution >= 4 is 5.69 Å². The minimum atomic E-state index is -0.698. The molecular weight excluding hydrogens is 408 g/mol. The molecule has 174 valence electrons. The Morgan fingerprint density at radius 1 is 0.848 bits per heavy atom. The fourth-order valence-electron chi connectivity index (χ4n) is 4.83. The third-order valence-corrected chi connectivity index (χ3v) is 6.51. The summed E-state index contributed by atoms with van der Waals surface area (Å²) in [5.74, 6) is 0.877. The van der Waals surface area contributed by atoms with E-state index in [-0.39, 0.29) is 12.1 Å². The number of ether oxygens (including phenoxy) is 1. The molecule has 1 heterocycles. The van der Waals surface area contributed by atoms with Gasteiger partial charge in [-0.1, -0.05) is 60.7 Å². The number of likely N-dealkylation sites (tertiary alicyclic amines) is 1. The molecule has 4 nitrogen and oxygen atoms in total. The fourth-order valence-corrected chi connectivity index (χ4v) is 4.83. The van der Waals surface area contributed by atoms with Gasteiger partial charge in [-0.25, -0.2) is 0 Å². The topological polar surface area (TPSA) is 35.9 Å². The Morgan fingerprint density at radius 2 is 1.36 bits per heavy atom. The predicted octanol–water partition coefficient (Wildman–Crippen LogP) is 5.53. The van der Waals surface area contributed by atoms with Crippen molar-refractivity contribution in [2.75, 3.05) is 31.6 Å². The molecule has 1 fully saturated rings. The van der Waals surface area contributed by atoms with E-state index in [0.29, 0.717) is 6.54 Å². The van der Waals surface area contributed by atoms with E-state index in [1.165, 1.54) is 11.1 Å². The zero-order chi connectivity index (χ0) is 23.3. The lowest BCUT2D eigenvalue weighted by atomic mass is 9.87. The lowest BCUT2D eigenvalue weighted by Crippen LogP contribution is -2.51. The second kappa shape index (κ2) is 10.4. The second-order valence-electron chi connectivity index (χ2n) is 9.50. The Kier molecular flexibility index (Phi) is 7.36. The Bertz CT molecular complexity index is 942. The molecule has 4 heteroatoms. The van der Waals surface area contributed by atoms with Crippen LogP contribution in [-0.4, -0.2) is 48.4 Å². The molecule has 1 aliphatic heterocycles. The summed E-state index contributed by atoms with van der Waals surface area (Å²) in [7, 11) is 2.05. The molecule has 0 aliphatic carbocycles. The van der Waals surface area contributed by atoms with E-state index in [2.05, 4.69) is 89.6 Å². The summed E-state index contributed by atoms with van der Waals surface area (Å²) < 4.78 is 5.75. The number of nitrogens with zero attached hydrogens (tertiary/aromatic N) is 2. The minimum absolute atomic E-state index is 0.162. The summed E-state index contributed by atoms with van der Waals surface area (Å²) in [6.07, 6.45) is 1.67. The van der Waals surface area contributed by atoms with Gasteiger partial charge in [-0.2, -0.15) is 0 Å². The molecule has 1 saturated heterocycles. The minimum Gasteiger partial charge on any atom is -0.491 e. The molecular formula is C29H36N2O2. The van der Waals surface area contributed by atoms with Crippen LogP contribution in [0.2, 0.25) is 0 Å². The van der Waals surface area contributed by atoms with Gasteiger partial charge >= 0.3 is 0 Å². The van der Waals surface area contributed by atoms with E-state index in [1.807, 2.05) is 26.0 Å². The highest BCUT2D eigenvalue weighted by atomic mass is 16.5. The van der Waals surface area contributed by atoms with Crippen LogP contribution in [-0.2, 0) is 0 Å². The third-order valence-electron chi connectivity index (χ3n) is 6.51. The molecule has 0 bridgehead atoms. The number of aliphatic hydroxyl groups is 1. The summed E-state index contributed by atoms with van der Waals surface area (Å²) in [5.41, 5.74) is 2.99. The molecule has 0 radical (unpaired) electrons. The van der Waals surface area contributed by atoms with Gasteiger partial charge in [-0.05, 0) is 62.1 Å². The smallest absolute Gasteiger partial charge is 0.119 e. The Labute approximate surface area is 198 Å². The van der Waals surface area contributed by atoms with Crippen molar-refractivity contribution in [3.8, 4) is 5.75 Å². The molecule has 3 aromatic carbocycles. The zero-order valence-electron chi connectivity index (χ0n) is 20.0. The number of piperidine rings is 1. The molecule has 0 unspecified atom stereocenters. The average Bonchev–Trinajstić information content (AvgIpc) is 2.82. The zero-order valence-corrected chi connectivity index (χ0v) is 20.0. The van der Waals surface area contributed by atoms with E-state index < -0.39 is 5.60 Å². The van der Waals surface area contributed by atoms with Crippen LogP contribution in [0, 0.1) is 0 Å². The van der Waals surface area contributed by atoms with Crippen LogP contribution in [0.3, 0.4) is 0 Å². The lowest BCUT2D eigenvalue weighted by molar-refractivity contribution is -0.0209. The lowest BCUT2D eigenvalue weighted by Gasteiger charge is -2.43. The third kappa shape index (κ3) is 5.95. The Morgan fingerprint density at radius 3 is 1.85 bits per heavy atom. The number of rotatable bonds is 8. The monoisotopic (exact) mass is 444 g/mol. The number of likely N-dealkylation sites (N-methyl/N-ethyl adjacent to an activating group) is 1. The van der Waals surface area contributed by atoms with Crippen LogP contribution in [0.4, 0.5) is 5.69 Å². The van der Waals surface area contributed by atoms with Crippen molar-refractivity contribution in [3.05, 3.63) is 96.1 Å². The van der Waals surface area contributed by atoms with E-state index in [9.17, 15) is 5.11 Å². The maximum Gasteiger partial charge on any atom is 0.119 e. The molecule has 0 aromatic heterocycles. The predicted molar refractivity (Wildman–Crippen MR) is 136 cm³/mol. The first-order valence-corrected chi connectivity index (χ1v) is 12.0. The fraction of sp³-hybridized carbons (Fsp3) is 0.379. The van der Waals surface area contributed by atoms with E-state index in [0.717, 1.165) is 37.4 Å². The summed E-state index contributed by atoms with van der Waals surface area (Å²) >= 11 is 0. The van der Waals surface area contributed by atoms with Crippen LogP contribution < -0.4 is 9.64 Å². The van der Waals surface area contributed by atoms with Gasteiger partial charge in [0.05, 0.1) is 17.7 Å². The molecule has 0 saturated carbocycles. The SMILES string of the molecule is CC(C)Oc1ccc(N(C)CC2(O)CCN(C(c3ccccc3)c3ccccc3)CC2)cc1. The highest BCUT2D eigenvalue weighted by molar-refractivity contribution is 5.48. The molecule has 3 aromatic rings. The Balaban J connectivity index is 1.42. The highest BCUT2D eigenvalue weighted by Gasteiger charge is 2.36. The number of anilines is 1. The number of hydrogen-bond acceptors (Lipinski definition) is 4. The normalized spacial score (nSPS) is 16.2. The summed E-state index contributed by atoms with van der Waals surface area (Å²) in [4.78, 5) is 4.66. The molecule has 1 N–H and O–H groups in total. The van der Waals surface area contributed by atoms with Crippen LogP contribution >= 0.6 is 0 Å². The summed E-state index contributed by atoms with van der Waals surface area (Å²) in [5, 5.41) is 11.4. The highest BCUT2D eigenvalue weighted by Crippen LogP contribution is 2.34. The molecule has 0 spiro atoms. The number of hydrogen-bond donors (Lipinski definition) is 1. The standard InChI is InChI=1S/C29H36N2O2/c1-23(2)33-27-16-14-26(15-17-27)30(3)22-29(32)18-20-31(21-19-29)28(24-10-6-4-7-11-24)25-12-8-5-9-13-25/h4-17,23,28,32H,18-22H2,1-3H3. The molecule has 0 atom stereocenters. The second-order valence-corrected chi connectivity index (χ2v) is 9.50. The summed E-state index contributed by atoms with van der Waals surface area (Å²) in [6.45, 7) is 6.40. The van der Waals surface area contributed by atoms with Crippen LogP contribution in [0.5, 0.6) is 5.75 Å². The quantitative estimate of drug-likeness (QED) is 0.496. The van der Waals surface area contributed by atoms with Gasteiger partial charge in [0, 0.05) is 32.4 Å². The van der Waals surface area contributed by atoms with Crippen molar-refractivity contribution in [2.45, 2.75) is 44.4 Å². The molecule has 0 amide bonds. The van der Waals surface area contributed by atoms with Gasteiger partial charge in [-0.3, -0.25) is 4.90 Å². The van der Waals surface area contributed by atoms with Gasteiger partial charge in [0.15, 0.2) is 0 Å². The van der Waals surface area contributed by atoms with Crippen LogP contribution in [0.15, 0.2) is 84.9 Å². The van der Waals surface area contributed by atoms with Crippen molar-refractivity contribution in [2.24, 2.45) is 0 Å². The van der Waals surface area contributed by atoms with Crippen molar-refractivity contribution in [1.82, 2.24) is 4.90 Å². The van der Waals surface area contributed by atoms with E-state index in [1.54, 1.807) is 0 Å². The first-order chi connectivity index (χ1) is 15.9. The van der Waals surface area contributed by atoms with Crippen molar-refractivity contribution in [3.63, 3.8) is 0 Å². The van der Waals surface area contributed by atoms with Gasteiger partial charge in [0.2, 0.25) is 0 Å². The maximum atomic E-state index is 11.4. The Hall–Kier alpha value is -2.82. The van der Waals surface area contributed by atoms with Gasteiger partial charge in [0.25, 0.3) is 0 Å². The van der Waals surface area contributed by atoms with E-state index >= 15 is 0 Å². The molecule has 33 heavy (non-hydrogen) atoms. The van der Waals surface area contributed by atoms with Crippen molar-refractivity contribution in [1.29, 1.82) is 0 Å². The molecule has 4 rings (SSSR count). The van der Waals surface area contributed by atoms with Crippen molar-refractivity contribution < 1.29 is 9.84 Å². The summed E-state index contributed by atoms with van der Waals surface area (Å²) in [6, 6.07) is 29.7. The van der Waals surface area contributed by atoms with Gasteiger partial charge in [0.1, 0.15) is 5.75 Å². The average molecular weight is 445 g/mol. The van der Waals surface area contributed by atoms with Crippen LogP contribution in [0.1, 0.15) is 43.9 Å². The number of benzene rings is 3. The first-order valence-electron chi connectivity index (χ1n) is 12.0. The largest absolute Gasteiger partial charge is 0.491 e.